The zero-order chi connectivity index (χ0) is 20.3. The van der Waals surface area contributed by atoms with Gasteiger partial charge in [-0.3, -0.25) is 14.3 Å². The highest BCUT2D eigenvalue weighted by molar-refractivity contribution is 5.71. The van der Waals surface area contributed by atoms with Crippen molar-refractivity contribution in [2.24, 2.45) is 7.05 Å². The molecule has 0 aromatic carbocycles. The van der Waals surface area contributed by atoms with Gasteiger partial charge in [0.2, 0.25) is 0 Å². The molecule has 0 amide bonds. The number of H-pyrrole nitrogens is 1. The molecule has 0 aliphatic rings. The number of pyridine rings is 1. The molecule has 9 nitrogen and oxygen atoms in total. The molecular formula is C19H23N5O4. The Morgan fingerprint density at radius 3 is 2.79 bits per heavy atom. The van der Waals surface area contributed by atoms with Crippen molar-refractivity contribution in [2.45, 2.75) is 32.2 Å². The van der Waals surface area contributed by atoms with E-state index in [1.54, 1.807) is 54.2 Å². The molecule has 0 fully saturated rings. The minimum absolute atomic E-state index is 0.0748. The lowest BCUT2D eigenvalue weighted by Gasteiger charge is -2.19. The number of nitrogens with zero attached hydrogens (tertiary/aromatic N) is 4. The van der Waals surface area contributed by atoms with Crippen molar-refractivity contribution in [3.05, 3.63) is 63.9 Å². The van der Waals surface area contributed by atoms with Crippen molar-refractivity contribution in [1.29, 1.82) is 0 Å². The Kier molecular flexibility index (Phi) is 5.62. The summed E-state index contributed by atoms with van der Waals surface area (Å²) in [6, 6.07) is 1.55. The van der Waals surface area contributed by atoms with Gasteiger partial charge in [-0.05, 0) is 18.6 Å². The lowest BCUT2D eigenvalue weighted by Crippen LogP contribution is -2.29. The van der Waals surface area contributed by atoms with Crippen molar-refractivity contribution in [3.63, 3.8) is 0 Å². The van der Waals surface area contributed by atoms with Gasteiger partial charge >= 0.3 is 5.97 Å². The van der Waals surface area contributed by atoms with E-state index in [0.717, 1.165) is 5.69 Å². The molecule has 0 aliphatic carbocycles. The highest BCUT2D eigenvalue weighted by Gasteiger charge is 2.27. The Morgan fingerprint density at radius 2 is 2.18 bits per heavy atom. The van der Waals surface area contributed by atoms with Gasteiger partial charge in [-0.1, -0.05) is 0 Å². The van der Waals surface area contributed by atoms with Crippen molar-refractivity contribution in [1.82, 2.24) is 24.3 Å². The van der Waals surface area contributed by atoms with Crippen LogP contribution in [0, 0.1) is 6.92 Å². The molecule has 3 aromatic rings. The average molecular weight is 385 g/mol. The van der Waals surface area contributed by atoms with E-state index in [1.165, 1.54) is 7.11 Å². The molecule has 28 heavy (non-hydrogen) atoms. The largest absolute Gasteiger partial charge is 0.507 e. The standard InChI is InChI=1S/C19H23N5O4/c1-12-6-16(25)18(19(27)24(12)5-4-14-9-20-11-21-14)15(7-17(26)28-3)13-8-22-23(2)10-13/h6,8-11,15,25H,4-5,7H2,1-3H3,(H,20,21). The van der Waals surface area contributed by atoms with Gasteiger partial charge in [0.15, 0.2) is 0 Å². The molecule has 1 unspecified atom stereocenters. The third kappa shape index (κ3) is 3.98. The number of esters is 1. The minimum atomic E-state index is -0.660. The number of rotatable bonds is 7. The fourth-order valence-electron chi connectivity index (χ4n) is 3.28. The molecule has 0 spiro atoms. The number of hydrogen-bond acceptors (Lipinski definition) is 6. The summed E-state index contributed by atoms with van der Waals surface area (Å²) in [7, 11) is 3.04. The number of imidazole rings is 1. The maximum atomic E-state index is 13.3. The van der Waals surface area contributed by atoms with Crippen molar-refractivity contribution < 1.29 is 14.6 Å². The summed E-state index contributed by atoms with van der Waals surface area (Å²) < 4.78 is 7.97. The first kappa shape index (κ1) is 19.4. The number of nitrogens with one attached hydrogen (secondary N) is 1. The summed E-state index contributed by atoms with van der Waals surface area (Å²) in [5.41, 5.74) is 2.01. The second kappa shape index (κ2) is 8.12. The van der Waals surface area contributed by atoms with Gasteiger partial charge < -0.3 is 19.4 Å². The van der Waals surface area contributed by atoms with Crippen molar-refractivity contribution in [2.75, 3.05) is 7.11 Å². The van der Waals surface area contributed by atoms with E-state index >= 15 is 0 Å². The summed E-state index contributed by atoms with van der Waals surface area (Å²) in [5.74, 6) is -1.28. The van der Waals surface area contributed by atoms with Crippen LogP contribution in [0.1, 0.15) is 34.9 Å². The minimum Gasteiger partial charge on any atom is -0.507 e. The molecule has 9 heteroatoms. The van der Waals surface area contributed by atoms with Crippen LogP contribution in [-0.2, 0) is 29.5 Å². The number of aromatic hydroxyl groups is 1. The number of aryl methyl sites for hydroxylation is 3. The van der Waals surface area contributed by atoms with Gasteiger partial charge in [0, 0.05) is 49.7 Å². The van der Waals surface area contributed by atoms with E-state index < -0.39 is 11.9 Å². The number of aromatic amines is 1. The monoisotopic (exact) mass is 385 g/mol. The second-order valence-corrected chi connectivity index (χ2v) is 6.65. The Morgan fingerprint density at radius 1 is 1.39 bits per heavy atom. The van der Waals surface area contributed by atoms with Crippen LogP contribution in [0.3, 0.4) is 0 Å². The molecule has 3 aromatic heterocycles. The molecule has 0 radical (unpaired) electrons. The zero-order valence-electron chi connectivity index (χ0n) is 16.0. The van der Waals surface area contributed by atoms with Crippen LogP contribution in [-0.4, -0.2) is 42.5 Å². The smallest absolute Gasteiger partial charge is 0.306 e. The summed E-state index contributed by atoms with van der Waals surface area (Å²) in [6.07, 6.45) is 7.11. The topological polar surface area (TPSA) is 115 Å². The van der Waals surface area contributed by atoms with E-state index in [1.807, 2.05) is 0 Å². The first-order chi connectivity index (χ1) is 13.4. The van der Waals surface area contributed by atoms with Gasteiger partial charge in [-0.2, -0.15) is 5.10 Å². The lowest BCUT2D eigenvalue weighted by molar-refractivity contribution is -0.140. The molecular weight excluding hydrogens is 362 g/mol. The number of carbonyl (C=O) groups excluding carboxylic acids is 1. The van der Waals surface area contributed by atoms with E-state index in [9.17, 15) is 14.7 Å². The lowest BCUT2D eigenvalue weighted by atomic mass is 9.90. The van der Waals surface area contributed by atoms with Crippen LogP contribution in [0.4, 0.5) is 0 Å². The van der Waals surface area contributed by atoms with E-state index in [2.05, 4.69) is 15.1 Å². The molecule has 3 heterocycles. The fraction of sp³-hybridized carbons (Fsp3) is 0.368. The first-order valence-corrected chi connectivity index (χ1v) is 8.86. The van der Waals surface area contributed by atoms with Crippen LogP contribution in [0.2, 0.25) is 0 Å². The van der Waals surface area contributed by atoms with Gasteiger partial charge in [0.1, 0.15) is 5.75 Å². The molecule has 3 rings (SSSR count). The van der Waals surface area contributed by atoms with Gasteiger partial charge in [-0.15, -0.1) is 0 Å². The quantitative estimate of drug-likeness (QED) is 0.592. The molecule has 0 aliphatic heterocycles. The molecule has 0 saturated carbocycles. The van der Waals surface area contributed by atoms with Crippen LogP contribution >= 0.6 is 0 Å². The predicted molar refractivity (Wildman–Crippen MR) is 101 cm³/mol. The Hall–Kier alpha value is -3.36. The SMILES string of the molecule is COC(=O)CC(c1cnn(C)c1)c1c(O)cc(C)n(CCc2cnc[nH]2)c1=O. The van der Waals surface area contributed by atoms with Crippen LogP contribution in [0.5, 0.6) is 5.75 Å². The highest BCUT2D eigenvalue weighted by Crippen LogP contribution is 2.32. The molecule has 148 valence electrons. The Balaban J connectivity index is 2.05. The van der Waals surface area contributed by atoms with Crippen LogP contribution < -0.4 is 5.56 Å². The van der Waals surface area contributed by atoms with Gasteiger partial charge in [0.25, 0.3) is 5.56 Å². The van der Waals surface area contributed by atoms with Gasteiger partial charge in [-0.25, -0.2) is 4.98 Å². The number of methoxy groups -OCH3 is 1. The Labute approximate surface area is 161 Å². The van der Waals surface area contributed by atoms with Crippen molar-refractivity contribution >= 4 is 5.97 Å². The summed E-state index contributed by atoms with van der Waals surface area (Å²) in [6.45, 7) is 2.18. The van der Waals surface area contributed by atoms with E-state index in [4.69, 9.17) is 4.74 Å². The first-order valence-electron chi connectivity index (χ1n) is 8.86. The maximum Gasteiger partial charge on any atom is 0.306 e. The molecule has 0 saturated heterocycles. The normalized spacial score (nSPS) is 12.1. The number of ether oxygens (including phenoxy) is 1. The third-order valence-corrected chi connectivity index (χ3v) is 4.76. The van der Waals surface area contributed by atoms with Crippen molar-refractivity contribution in [3.8, 4) is 5.75 Å². The number of aromatic nitrogens is 5. The van der Waals surface area contributed by atoms with E-state index in [-0.39, 0.29) is 23.3 Å². The Bertz CT molecular complexity index is 1020. The highest BCUT2D eigenvalue weighted by atomic mass is 16.5. The molecule has 0 bridgehead atoms. The maximum absolute atomic E-state index is 13.3. The summed E-state index contributed by atoms with van der Waals surface area (Å²) in [5, 5.41) is 14.7. The van der Waals surface area contributed by atoms with Crippen LogP contribution in [0.15, 0.2) is 35.8 Å². The third-order valence-electron chi connectivity index (χ3n) is 4.76. The summed E-state index contributed by atoms with van der Waals surface area (Å²) in [4.78, 5) is 32.2. The fourth-order valence-corrected chi connectivity index (χ4v) is 3.28. The van der Waals surface area contributed by atoms with Crippen LogP contribution in [0.25, 0.3) is 0 Å². The second-order valence-electron chi connectivity index (χ2n) is 6.65. The van der Waals surface area contributed by atoms with E-state index in [0.29, 0.717) is 24.2 Å². The predicted octanol–water partition coefficient (Wildman–Crippen LogP) is 1.26. The zero-order valence-corrected chi connectivity index (χ0v) is 16.0. The van der Waals surface area contributed by atoms with Gasteiger partial charge in [0.05, 0.1) is 31.6 Å². The number of carbonyl (C=O) groups is 1. The number of hydrogen-bond donors (Lipinski definition) is 2. The molecule has 2 N–H and O–H groups in total. The average Bonchev–Trinajstić information content (AvgIpc) is 3.31. The summed E-state index contributed by atoms with van der Waals surface area (Å²) >= 11 is 0. The molecule has 1 atom stereocenters.